The second-order valence-corrected chi connectivity index (χ2v) is 5.08. The van der Waals surface area contributed by atoms with Crippen LogP contribution in [0.15, 0.2) is 30.3 Å². The van der Waals surface area contributed by atoms with Crippen molar-refractivity contribution in [3.8, 4) is 5.75 Å². The van der Waals surface area contributed by atoms with Gasteiger partial charge < -0.3 is 10.5 Å². The van der Waals surface area contributed by atoms with Crippen LogP contribution in [0, 0.1) is 5.82 Å². The molecule has 0 spiro atoms. The number of nitrogen functional groups attached to an aromatic ring is 1. The average Bonchev–Trinajstić information content (AvgIpc) is 2.83. The smallest absolute Gasteiger partial charge is 0.196 e. The molecule has 1 heterocycles. The van der Waals surface area contributed by atoms with Crippen molar-refractivity contribution in [2.24, 2.45) is 0 Å². The number of hydrogen-bond donors (Lipinski definition) is 1. The number of carbonyl (C=O) groups is 1. The molecule has 0 bridgehead atoms. The molecule has 20 heavy (non-hydrogen) atoms. The van der Waals surface area contributed by atoms with E-state index in [2.05, 4.69) is 0 Å². The summed E-state index contributed by atoms with van der Waals surface area (Å²) in [6.07, 6.45) is 0.710. The van der Waals surface area contributed by atoms with E-state index in [1.807, 2.05) is 0 Å². The summed E-state index contributed by atoms with van der Waals surface area (Å²) in [5, 5.41) is 0.460. The Labute approximate surface area is 120 Å². The SMILES string of the molecule is Nc1cc(F)cc(C(=O)c2cc(Cl)cc3c2OCC3)c1. The summed E-state index contributed by atoms with van der Waals surface area (Å²) in [5.41, 5.74) is 7.19. The Morgan fingerprint density at radius 1 is 1.25 bits per heavy atom. The summed E-state index contributed by atoms with van der Waals surface area (Å²) in [6.45, 7) is 0.515. The third-order valence-corrected chi connectivity index (χ3v) is 3.39. The molecule has 0 fully saturated rings. The quantitative estimate of drug-likeness (QED) is 0.683. The summed E-state index contributed by atoms with van der Waals surface area (Å²) >= 11 is 6.02. The molecule has 0 saturated heterocycles. The summed E-state index contributed by atoms with van der Waals surface area (Å²) in [5.74, 6) is -0.368. The van der Waals surface area contributed by atoms with Gasteiger partial charge in [0.2, 0.25) is 0 Å². The Morgan fingerprint density at radius 2 is 2.05 bits per heavy atom. The van der Waals surface area contributed by atoms with Crippen molar-refractivity contribution in [1.29, 1.82) is 0 Å². The number of hydrogen-bond acceptors (Lipinski definition) is 3. The Balaban J connectivity index is 2.11. The van der Waals surface area contributed by atoms with Crippen molar-refractivity contribution >= 4 is 23.1 Å². The number of ether oxygens (including phenoxy) is 1. The van der Waals surface area contributed by atoms with Crippen LogP contribution < -0.4 is 10.5 Å². The molecule has 2 N–H and O–H groups in total. The van der Waals surface area contributed by atoms with Crippen molar-refractivity contribution in [3.63, 3.8) is 0 Å². The molecular formula is C15H11ClFNO2. The number of benzene rings is 2. The van der Waals surface area contributed by atoms with Crippen LogP contribution in [0.5, 0.6) is 5.75 Å². The number of anilines is 1. The van der Waals surface area contributed by atoms with Crippen LogP contribution in [0.2, 0.25) is 5.02 Å². The molecule has 0 aromatic heterocycles. The van der Waals surface area contributed by atoms with E-state index in [1.54, 1.807) is 6.07 Å². The van der Waals surface area contributed by atoms with E-state index in [-0.39, 0.29) is 17.0 Å². The van der Waals surface area contributed by atoms with Crippen molar-refractivity contribution in [3.05, 3.63) is 57.9 Å². The van der Waals surface area contributed by atoms with E-state index in [4.69, 9.17) is 22.1 Å². The van der Waals surface area contributed by atoms with Gasteiger partial charge in [-0.3, -0.25) is 4.79 Å². The molecular weight excluding hydrogens is 281 g/mol. The molecule has 0 amide bonds. The van der Waals surface area contributed by atoms with Gasteiger partial charge in [-0.2, -0.15) is 0 Å². The Hall–Kier alpha value is -2.07. The largest absolute Gasteiger partial charge is 0.492 e. The minimum Gasteiger partial charge on any atom is -0.492 e. The summed E-state index contributed by atoms with van der Waals surface area (Å²) in [6, 6.07) is 7.07. The van der Waals surface area contributed by atoms with E-state index in [9.17, 15) is 9.18 Å². The fraction of sp³-hybridized carbons (Fsp3) is 0.133. The van der Waals surface area contributed by atoms with E-state index in [1.165, 1.54) is 12.1 Å². The minimum absolute atomic E-state index is 0.183. The van der Waals surface area contributed by atoms with Gasteiger partial charge in [-0.25, -0.2) is 4.39 Å². The third kappa shape index (κ3) is 2.23. The van der Waals surface area contributed by atoms with Crippen LogP contribution in [0.25, 0.3) is 0 Å². The van der Waals surface area contributed by atoms with Gasteiger partial charge >= 0.3 is 0 Å². The molecule has 3 nitrogen and oxygen atoms in total. The van der Waals surface area contributed by atoms with Gasteiger partial charge in [-0.05, 0) is 35.9 Å². The van der Waals surface area contributed by atoms with E-state index in [0.29, 0.717) is 29.4 Å². The maximum Gasteiger partial charge on any atom is 0.196 e. The number of halogens is 2. The standard InChI is InChI=1S/C15H11ClFNO2/c16-10-3-8-1-2-20-15(8)13(6-10)14(19)9-4-11(17)7-12(18)5-9/h3-7H,1-2,18H2. The van der Waals surface area contributed by atoms with Crippen LogP contribution in [0.4, 0.5) is 10.1 Å². The van der Waals surface area contributed by atoms with Gasteiger partial charge in [-0.15, -0.1) is 0 Å². The molecule has 5 heteroatoms. The van der Waals surface area contributed by atoms with Crippen LogP contribution in [-0.4, -0.2) is 12.4 Å². The Kier molecular flexibility index (Phi) is 3.10. The zero-order valence-electron chi connectivity index (χ0n) is 10.5. The maximum absolute atomic E-state index is 13.4. The van der Waals surface area contributed by atoms with E-state index >= 15 is 0 Å². The fourth-order valence-electron chi connectivity index (χ4n) is 2.34. The molecule has 2 aromatic rings. The molecule has 0 unspecified atom stereocenters. The molecule has 102 valence electrons. The summed E-state index contributed by atoms with van der Waals surface area (Å²) in [7, 11) is 0. The second-order valence-electron chi connectivity index (χ2n) is 4.64. The first-order valence-electron chi connectivity index (χ1n) is 6.10. The first-order chi connectivity index (χ1) is 9.54. The highest BCUT2D eigenvalue weighted by molar-refractivity contribution is 6.31. The topological polar surface area (TPSA) is 52.3 Å². The van der Waals surface area contributed by atoms with Crippen molar-refractivity contribution in [2.45, 2.75) is 6.42 Å². The van der Waals surface area contributed by atoms with Gasteiger partial charge in [0.1, 0.15) is 11.6 Å². The molecule has 0 radical (unpaired) electrons. The molecule has 0 aliphatic carbocycles. The monoisotopic (exact) mass is 291 g/mol. The van der Waals surface area contributed by atoms with Gasteiger partial charge in [0, 0.05) is 22.7 Å². The number of ketones is 1. The highest BCUT2D eigenvalue weighted by Gasteiger charge is 2.23. The number of nitrogens with two attached hydrogens (primary N) is 1. The van der Waals surface area contributed by atoms with Gasteiger partial charge in [-0.1, -0.05) is 11.6 Å². The highest BCUT2D eigenvalue weighted by atomic mass is 35.5. The first kappa shape index (κ1) is 12.9. The molecule has 0 saturated carbocycles. The second kappa shape index (κ2) is 4.80. The first-order valence-corrected chi connectivity index (χ1v) is 6.48. The molecule has 0 atom stereocenters. The number of carbonyl (C=O) groups excluding carboxylic acids is 1. The minimum atomic E-state index is -0.548. The summed E-state index contributed by atoms with van der Waals surface area (Å²) in [4.78, 5) is 12.5. The lowest BCUT2D eigenvalue weighted by Crippen LogP contribution is -2.05. The van der Waals surface area contributed by atoms with Crippen LogP contribution in [0.3, 0.4) is 0 Å². The zero-order valence-corrected chi connectivity index (χ0v) is 11.2. The zero-order chi connectivity index (χ0) is 14.3. The van der Waals surface area contributed by atoms with Crippen LogP contribution >= 0.6 is 11.6 Å². The predicted molar refractivity (Wildman–Crippen MR) is 74.9 cm³/mol. The van der Waals surface area contributed by atoms with Crippen molar-refractivity contribution < 1.29 is 13.9 Å². The normalized spacial score (nSPS) is 12.9. The highest BCUT2D eigenvalue weighted by Crippen LogP contribution is 2.34. The van der Waals surface area contributed by atoms with Gasteiger partial charge in [0.15, 0.2) is 5.78 Å². The third-order valence-electron chi connectivity index (χ3n) is 3.18. The Bertz CT molecular complexity index is 695. The number of rotatable bonds is 2. The van der Waals surface area contributed by atoms with Gasteiger partial charge in [0.05, 0.1) is 12.2 Å². The predicted octanol–water partition coefficient (Wildman–Crippen LogP) is 3.23. The Morgan fingerprint density at radius 3 is 2.80 bits per heavy atom. The van der Waals surface area contributed by atoms with Gasteiger partial charge in [0.25, 0.3) is 0 Å². The lowest BCUT2D eigenvalue weighted by molar-refractivity contribution is 0.103. The lowest BCUT2D eigenvalue weighted by atomic mass is 9.99. The lowest BCUT2D eigenvalue weighted by Gasteiger charge is -2.09. The van der Waals surface area contributed by atoms with Crippen LogP contribution in [0.1, 0.15) is 21.5 Å². The van der Waals surface area contributed by atoms with Crippen molar-refractivity contribution in [2.75, 3.05) is 12.3 Å². The number of fused-ring (bicyclic) bond motifs is 1. The summed E-state index contributed by atoms with van der Waals surface area (Å²) < 4.78 is 18.9. The fourth-order valence-corrected chi connectivity index (χ4v) is 2.58. The average molecular weight is 292 g/mol. The molecule has 2 aromatic carbocycles. The molecule has 3 rings (SSSR count). The van der Waals surface area contributed by atoms with E-state index in [0.717, 1.165) is 17.7 Å². The van der Waals surface area contributed by atoms with Crippen molar-refractivity contribution in [1.82, 2.24) is 0 Å². The van der Waals surface area contributed by atoms with Crippen LogP contribution in [-0.2, 0) is 6.42 Å². The maximum atomic E-state index is 13.4. The van der Waals surface area contributed by atoms with E-state index < -0.39 is 5.82 Å². The molecule has 1 aliphatic rings. The molecule has 1 aliphatic heterocycles.